The van der Waals surface area contributed by atoms with Gasteiger partial charge in [0.1, 0.15) is 0 Å². The van der Waals surface area contributed by atoms with Crippen LogP contribution in [-0.2, 0) is 34.8 Å². The molecule has 2 fully saturated rings. The van der Waals surface area contributed by atoms with Gasteiger partial charge in [-0.3, -0.25) is 4.68 Å². The number of aryl methyl sites for hydroxylation is 2. The van der Waals surface area contributed by atoms with Gasteiger partial charge >= 0.3 is 0 Å². The lowest BCUT2D eigenvalue weighted by Gasteiger charge is -2.49. The van der Waals surface area contributed by atoms with Crippen molar-refractivity contribution in [2.75, 3.05) is 13.2 Å². The lowest BCUT2D eigenvalue weighted by molar-refractivity contribution is -0.199. The molecule has 0 radical (unpaired) electrons. The summed E-state index contributed by atoms with van der Waals surface area (Å²) in [6, 6.07) is 11.0. The van der Waals surface area contributed by atoms with E-state index in [-0.39, 0.29) is 11.2 Å². The molecule has 2 unspecified atom stereocenters. The molecule has 1 saturated heterocycles. The first-order valence-electron chi connectivity index (χ1n) is 10.0. The van der Waals surface area contributed by atoms with Crippen molar-refractivity contribution in [1.82, 2.24) is 9.78 Å². The summed E-state index contributed by atoms with van der Waals surface area (Å²) in [5.74, 6) is 0.232. The summed E-state index contributed by atoms with van der Waals surface area (Å²) in [5.41, 5.74) is 4.32. The van der Waals surface area contributed by atoms with Gasteiger partial charge in [-0.05, 0) is 49.1 Å². The first-order chi connectivity index (χ1) is 12.7. The van der Waals surface area contributed by atoms with Gasteiger partial charge in [-0.1, -0.05) is 30.3 Å². The van der Waals surface area contributed by atoms with Gasteiger partial charge in [0.05, 0.1) is 18.9 Å². The van der Waals surface area contributed by atoms with Crippen LogP contribution in [0.4, 0.5) is 0 Å². The van der Waals surface area contributed by atoms with E-state index in [4.69, 9.17) is 14.6 Å². The molecule has 4 nitrogen and oxygen atoms in total. The minimum atomic E-state index is -0.329. The molecule has 1 aromatic carbocycles. The zero-order valence-corrected chi connectivity index (χ0v) is 15.6. The number of benzene rings is 1. The van der Waals surface area contributed by atoms with Gasteiger partial charge < -0.3 is 9.47 Å². The van der Waals surface area contributed by atoms with E-state index in [1.54, 1.807) is 0 Å². The molecule has 3 aliphatic rings. The summed E-state index contributed by atoms with van der Waals surface area (Å²) < 4.78 is 14.2. The lowest BCUT2D eigenvalue weighted by atomic mass is 9.59. The molecule has 2 atom stereocenters. The topological polar surface area (TPSA) is 36.3 Å². The molecule has 1 spiro atoms. The van der Waals surface area contributed by atoms with E-state index in [1.165, 1.54) is 29.7 Å². The van der Waals surface area contributed by atoms with Crippen LogP contribution in [0.25, 0.3) is 0 Å². The standard InChI is InChI=1S/C22H28N2O2/c1-24-16-18-8-5-9-19-15-22(25-12-13-26-22)11-10-21(19,20(18)23-24)14-17-6-3-2-4-7-17/h2-4,6-7,16,19H,5,8-15H2,1H3. The van der Waals surface area contributed by atoms with Crippen molar-refractivity contribution >= 4 is 0 Å². The zero-order chi connectivity index (χ0) is 17.6. The maximum atomic E-state index is 6.11. The molecule has 1 aliphatic heterocycles. The number of hydrogen-bond acceptors (Lipinski definition) is 3. The first kappa shape index (κ1) is 16.5. The summed E-state index contributed by atoms with van der Waals surface area (Å²) in [6.45, 7) is 1.49. The second-order valence-electron chi connectivity index (χ2n) is 8.40. The fraction of sp³-hybridized carbons (Fsp3) is 0.591. The van der Waals surface area contributed by atoms with E-state index < -0.39 is 0 Å². The molecule has 1 aromatic heterocycles. The maximum absolute atomic E-state index is 6.11. The van der Waals surface area contributed by atoms with Gasteiger partial charge in [0, 0.05) is 31.5 Å². The summed E-state index contributed by atoms with van der Waals surface area (Å²) in [6.07, 6.45) is 10.0. The van der Waals surface area contributed by atoms with E-state index in [0.29, 0.717) is 5.92 Å². The van der Waals surface area contributed by atoms with E-state index in [1.807, 2.05) is 4.68 Å². The molecule has 2 heterocycles. The Morgan fingerprint density at radius 3 is 2.77 bits per heavy atom. The van der Waals surface area contributed by atoms with Crippen molar-refractivity contribution in [3.63, 3.8) is 0 Å². The van der Waals surface area contributed by atoms with Crippen LogP contribution in [0.2, 0.25) is 0 Å². The fourth-order valence-electron chi connectivity index (χ4n) is 5.70. The van der Waals surface area contributed by atoms with Crippen LogP contribution in [-0.4, -0.2) is 28.8 Å². The number of rotatable bonds is 2. The van der Waals surface area contributed by atoms with E-state index in [9.17, 15) is 0 Å². The molecular weight excluding hydrogens is 324 g/mol. The largest absolute Gasteiger partial charge is 0.348 e. The molecule has 0 amide bonds. The Kier molecular flexibility index (Phi) is 3.94. The van der Waals surface area contributed by atoms with Crippen LogP contribution in [0.3, 0.4) is 0 Å². The van der Waals surface area contributed by atoms with Crippen molar-refractivity contribution in [3.8, 4) is 0 Å². The van der Waals surface area contributed by atoms with Gasteiger partial charge in [0.25, 0.3) is 0 Å². The third-order valence-electron chi connectivity index (χ3n) is 6.84. The second kappa shape index (κ2) is 6.21. The molecule has 2 aliphatic carbocycles. The highest BCUT2D eigenvalue weighted by Crippen LogP contribution is 2.54. The summed E-state index contributed by atoms with van der Waals surface area (Å²) in [7, 11) is 2.06. The lowest BCUT2D eigenvalue weighted by Crippen LogP contribution is -2.49. The fourth-order valence-corrected chi connectivity index (χ4v) is 5.70. The number of aromatic nitrogens is 2. The Labute approximate surface area is 155 Å². The number of fused-ring (bicyclic) bond motifs is 3. The van der Waals surface area contributed by atoms with Gasteiger partial charge in [-0.15, -0.1) is 0 Å². The van der Waals surface area contributed by atoms with Crippen LogP contribution in [0.5, 0.6) is 0 Å². The number of ether oxygens (including phenoxy) is 2. The van der Waals surface area contributed by atoms with Crippen molar-refractivity contribution in [2.45, 2.75) is 56.1 Å². The number of hydrogen-bond donors (Lipinski definition) is 0. The van der Waals surface area contributed by atoms with Crippen LogP contribution >= 0.6 is 0 Å². The Balaban J connectivity index is 1.59. The monoisotopic (exact) mass is 352 g/mol. The molecule has 138 valence electrons. The van der Waals surface area contributed by atoms with Crippen molar-refractivity contribution < 1.29 is 9.47 Å². The summed E-state index contributed by atoms with van der Waals surface area (Å²) in [4.78, 5) is 0. The van der Waals surface area contributed by atoms with Gasteiger partial charge in [0.2, 0.25) is 0 Å². The molecule has 2 aromatic rings. The van der Waals surface area contributed by atoms with Crippen LogP contribution < -0.4 is 0 Å². The minimum Gasteiger partial charge on any atom is -0.348 e. The molecule has 0 N–H and O–H groups in total. The molecule has 1 saturated carbocycles. The van der Waals surface area contributed by atoms with Crippen molar-refractivity contribution in [2.24, 2.45) is 13.0 Å². The second-order valence-corrected chi connectivity index (χ2v) is 8.40. The van der Waals surface area contributed by atoms with Crippen LogP contribution in [0.15, 0.2) is 36.5 Å². The normalized spacial score (nSPS) is 30.0. The number of nitrogens with zero attached hydrogens (tertiary/aromatic N) is 2. The van der Waals surface area contributed by atoms with Gasteiger partial charge in [-0.25, -0.2) is 0 Å². The van der Waals surface area contributed by atoms with Crippen molar-refractivity contribution in [3.05, 3.63) is 53.3 Å². The Morgan fingerprint density at radius 2 is 1.96 bits per heavy atom. The molecule has 26 heavy (non-hydrogen) atoms. The van der Waals surface area contributed by atoms with Crippen LogP contribution in [0.1, 0.15) is 48.9 Å². The van der Waals surface area contributed by atoms with E-state index in [2.05, 4.69) is 43.6 Å². The zero-order valence-electron chi connectivity index (χ0n) is 15.6. The molecule has 4 heteroatoms. The van der Waals surface area contributed by atoms with Crippen molar-refractivity contribution in [1.29, 1.82) is 0 Å². The predicted octanol–water partition coefficient (Wildman–Crippen LogP) is 3.78. The first-order valence-corrected chi connectivity index (χ1v) is 10.0. The third-order valence-corrected chi connectivity index (χ3v) is 6.84. The highest BCUT2D eigenvalue weighted by molar-refractivity contribution is 5.34. The van der Waals surface area contributed by atoms with Crippen LogP contribution in [0, 0.1) is 5.92 Å². The maximum Gasteiger partial charge on any atom is 0.168 e. The van der Waals surface area contributed by atoms with E-state index in [0.717, 1.165) is 45.3 Å². The highest BCUT2D eigenvalue weighted by atomic mass is 16.7. The van der Waals surface area contributed by atoms with Gasteiger partial charge in [0.15, 0.2) is 5.79 Å². The Bertz CT molecular complexity index is 779. The van der Waals surface area contributed by atoms with E-state index >= 15 is 0 Å². The summed E-state index contributed by atoms with van der Waals surface area (Å²) >= 11 is 0. The highest BCUT2D eigenvalue weighted by Gasteiger charge is 2.54. The minimum absolute atomic E-state index is 0.106. The SMILES string of the molecule is Cn1cc2c(n1)C1(Cc3ccccc3)CCC3(CC1CCC2)OCCO3. The third kappa shape index (κ3) is 2.62. The van der Waals surface area contributed by atoms with Gasteiger partial charge in [-0.2, -0.15) is 5.10 Å². The predicted molar refractivity (Wildman–Crippen MR) is 99.9 cm³/mol. The molecule has 5 rings (SSSR count). The smallest absolute Gasteiger partial charge is 0.168 e. The molecular formula is C22H28N2O2. The Hall–Kier alpha value is -1.65. The summed E-state index contributed by atoms with van der Waals surface area (Å²) in [5, 5.41) is 5.01. The average Bonchev–Trinajstić information content (AvgIpc) is 3.22. The molecule has 0 bridgehead atoms. The average molecular weight is 352 g/mol. The Morgan fingerprint density at radius 1 is 1.15 bits per heavy atom. The quantitative estimate of drug-likeness (QED) is 0.825.